The molecule has 0 N–H and O–H groups in total. The Balaban J connectivity index is 1.97. The van der Waals surface area contributed by atoms with Gasteiger partial charge in [-0.1, -0.05) is 33.1 Å². The molecule has 2 aliphatic carbocycles. The number of carbonyl (C=O) groups excluding carboxylic acids is 1. The molecule has 0 heterocycles. The summed E-state index contributed by atoms with van der Waals surface area (Å²) in [6, 6.07) is 0. The minimum atomic E-state index is 0.366. The average molecular weight is 194 g/mol. The summed E-state index contributed by atoms with van der Waals surface area (Å²) in [5.41, 5.74) is 0. The van der Waals surface area contributed by atoms with Gasteiger partial charge in [0.25, 0.3) is 0 Å². The smallest absolute Gasteiger partial charge is 0.135 e. The molecule has 2 fully saturated rings. The van der Waals surface area contributed by atoms with Gasteiger partial charge in [0.1, 0.15) is 5.78 Å². The Morgan fingerprint density at radius 3 is 2.50 bits per heavy atom. The van der Waals surface area contributed by atoms with Gasteiger partial charge in [-0.2, -0.15) is 0 Å². The largest absolute Gasteiger partial charge is 0.299 e. The predicted molar refractivity (Wildman–Crippen MR) is 58.0 cm³/mol. The molecular weight excluding hydrogens is 172 g/mol. The quantitative estimate of drug-likeness (QED) is 0.625. The van der Waals surface area contributed by atoms with Crippen LogP contribution >= 0.6 is 0 Å². The number of rotatable bonds is 1. The lowest BCUT2D eigenvalue weighted by Gasteiger charge is -2.32. The van der Waals surface area contributed by atoms with Crippen molar-refractivity contribution < 1.29 is 4.79 Å². The number of ketones is 1. The Labute approximate surface area is 87.3 Å². The van der Waals surface area contributed by atoms with Gasteiger partial charge in [0.2, 0.25) is 0 Å². The molecule has 1 heteroatoms. The standard InChI is InChI=1S/C13H22O/c1-9-4-3-5-11(8-9)12-6-7-13(14)10(12)2/h9-12H,3-8H2,1-2H3. The van der Waals surface area contributed by atoms with E-state index >= 15 is 0 Å². The van der Waals surface area contributed by atoms with Gasteiger partial charge in [-0.3, -0.25) is 4.79 Å². The fourth-order valence-corrected chi connectivity index (χ4v) is 3.54. The molecule has 0 aromatic heterocycles. The molecule has 4 atom stereocenters. The summed E-state index contributed by atoms with van der Waals surface area (Å²) in [4.78, 5) is 11.5. The van der Waals surface area contributed by atoms with Crippen molar-refractivity contribution in [3.63, 3.8) is 0 Å². The normalized spacial score (nSPS) is 44.3. The van der Waals surface area contributed by atoms with E-state index in [-0.39, 0.29) is 0 Å². The van der Waals surface area contributed by atoms with Gasteiger partial charge in [0.15, 0.2) is 0 Å². The van der Waals surface area contributed by atoms with Crippen molar-refractivity contribution in [2.75, 3.05) is 0 Å². The highest BCUT2D eigenvalue weighted by molar-refractivity contribution is 5.83. The van der Waals surface area contributed by atoms with Crippen LogP contribution in [0.4, 0.5) is 0 Å². The Morgan fingerprint density at radius 1 is 1.14 bits per heavy atom. The molecule has 0 radical (unpaired) electrons. The Bertz CT molecular complexity index is 221. The van der Waals surface area contributed by atoms with Gasteiger partial charge in [-0.15, -0.1) is 0 Å². The Kier molecular flexibility index (Phi) is 2.94. The molecule has 0 saturated heterocycles. The molecule has 2 saturated carbocycles. The van der Waals surface area contributed by atoms with Crippen LogP contribution in [-0.4, -0.2) is 5.78 Å². The van der Waals surface area contributed by atoms with Crippen LogP contribution in [0.15, 0.2) is 0 Å². The van der Waals surface area contributed by atoms with E-state index in [0.717, 1.165) is 24.2 Å². The van der Waals surface area contributed by atoms with Crippen molar-refractivity contribution in [1.29, 1.82) is 0 Å². The van der Waals surface area contributed by atoms with E-state index < -0.39 is 0 Å². The molecule has 2 rings (SSSR count). The molecule has 0 amide bonds. The zero-order valence-corrected chi connectivity index (χ0v) is 9.46. The summed E-state index contributed by atoms with van der Waals surface area (Å²) >= 11 is 0. The van der Waals surface area contributed by atoms with E-state index in [1.807, 2.05) is 0 Å². The SMILES string of the molecule is CC1CCCC(C2CCC(=O)C2C)C1. The summed E-state index contributed by atoms with van der Waals surface area (Å²) in [5, 5.41) is 0. The number of carbonyl (C=O) groups is 1. The molecule has 0 bridgehead atoms. The number of hydrogen-bond donors (Lipinski definition) is 0. The average Bonchev–Trinajstić information content (AvgIpc) is 2.48. The molecule has 0 aliphatic heterocycles. The van der Waals surface area contributed by atoms with Crippen LogP contribution in [0, 0.1) is 23.7 Å². The molecule has 0 aromatic carbocycles. The third-order valence-corrected chi connectivity index (χ3v) is 4.46. The Hall–Kier alpha value is -0.330. The van der Waals surface area contributed by atoms with Gasteiger partial charge < -0.3 is 0 Å². The second-order valence-electron chi connectivity index (χ2n) is 5.49. The summed E-state index contributed by atoms with van der Waals surface area (Å²) < 4.78 is 0. The summed E-state index contributed by atoms with van der Waals surface area (Å²) in [6.07, 6.45) is 7.60. The number of hydrogen-bond acceptors (Lipinski definition) is 1. The van der Waals surface area contributed by atoms with Crippen molar-refractivity contribution >= 4 is 5.78 Å². The maximum Gasteiger partial charge on any atom is 0.135 e. The van der Waals surface area contributed by atoms with Gasteiger partial charge >= 0.3 is 0 Å². The summed E-state index contributed by atoms with van der Waals surface area (Å²) in [5.74, 6) is 3.38. The van der Waals surface area contributed by atoms with Crippen LogP contribution in [0.2, 0.25) is 0 Å². The van der Waals surface area contributed by atoms with Crippen molar-refractivity contribution in [2.45, 2.75) is 52.4 Å². The zero-order valence-electron chi connectivity index (χ0n) is 9.46. The van der Waals surface area contributed by atoms with Crippen LogP contribution in [-0.2, 0) is 4.79 Å². The maximum absolute atomic E-state index is 11.5. The lowest BCUT2D eigenvalue weighted by atomic mass is 9.72. The highest BCUT2D eigenvalue weighted by Gasteiger charge is 2.37. The lowest BCUT2D eigenvalue weighted by molar-refractivity contribution is -0.121. The molecule has 4 unspecified atom stereocenters. The monoisotopic (exact) mass is 194 g/mol. The van der Waals surface area contributed by atoms with E-state index in [1.54, 1.807) is 0 Å². The second kappa shape index (κ2) is 4.04. The molecule has 2 aliphatic rings. The van der Waals surface area contributed by atoms with Crippen LogP contribution in [0.5, 0.6) is 0 Å². The Morgan fingerprint density at radius 2 is 1.93 bits per heavy atom. The highest BCUT2D eigenvalue weighted by atomic mass is 16.1. The predicted octanol–water partition coefficient (Wildman–Crippen LogP) is 3.43. The van der Waals surface area contributed by atoms with E-state index in [2.05, 4.69) is 13.8 Å². The fraction of sp³-hybridized carbons (Fsp3) is 0.923. The van der Waals surface area contributed by atoms with E-state index in [4.69, 9.17) is 0 Å². The first-order valence-electron chi connectivity index (χ1n) is 6.21. The molecule has 0 spiro atoms. The van der Waals surface area contributed by atoms with Gasteiger partial charge in [-0.25, -0.2) is 0 Å². The van der Waals surface area contributed by atoms with Crippen LogP contribution in [0.1, 0.15) is 52.4 Å². The van der Waals surface area contributed by atoms with E-state index in [9.17, 15) is 4.79 Å². The lowest BCUT2D eigenvalue weighted by Crippen LogP contribution is -2.24. The summed E-state index contributed by atoms with van der Waals surface area (Å²) in [6.45, 7) is 4.52. The fourth-order valence-electron chi connectivity index (χ4n) is 3.54. The van der Waals surface area contributed by atoms with E-state index in [1.165, 1.54) is 32.1 Å². The first-order chi connectivity index (χ1) is 6.68. The van der Waals surface area contributed by atoms with E-state index in [0.29, 0.717) is 11.7 Å². The van der Waals surface area contributed by atoms with Crippen molar-refractivity contribution in [1.82, 2.24) is 0 Å². The van der Waals surface area contributed by atoms with Crippen molar-refractivity contribution in [3.05, 3.63) is 0 Å². The minimum Gasteiger partial charge on any atom is -0.299 e. The molecule has 14 heavy (non-hydrogen) atoms. The van der Waals surface area contributed by atoms with Gasteiger partial charge in [-0.05, 0) is 30.6 Å². The maximum atomic E-state index is 11.5. The molecule has 0 aromatic rings. The third kappa shape index (κ3) is 1.87. The first-order valence-corrected chi connectivity index (χ1v) is 6.21. The zero-order chi connectivity index (χ0) is 10.1. The topological polar surface area (TPSA) is 17.1 Å². The third-order valence-electron chi connectivity index (χ3n) is 4.46. The first kappa shape index (κ1) is 10.2. The molecule has 80 valence electrons. The van der Waals surface area contributed by atoms with Crippen LogP contribution in [0.25, 0.3) is 0 Å². The van der Waals surface area contributed by atoms with Crippen molar-refractivity contribution in [3.8, 4) is 0 Å². The van der Waals surface area contributed by atoms with Crippen molar-refractivity contribution in [2.24, 2.45) is 23.7 Å². The molecular formula is C13H22O. The van der Waals surface area contributed by atoms with Gasteiger partial charge in [0, 0.05) is 12.3 Å². The number of Topliss-reactive ketones (excluding diaryl/α,β-unsaturated/α-hetero) is 1. The second-order valence-corrected chi connectivity index (χ2v) is 5.49. The van der Waals surface area contributed by atoms with Crippen LogP contribution in [0.3, 0.4) is 0 Å². The minimum absolute atomic E-state index is 0.366. The van der Waals surface area contributed by atoms with Crippen LogP contribution < -0.4 is 0 Å². The summed E-state index contributed by atoms with van der Waals surface area (Å²) in [7, 11) is 0. The molecule has 1 nitrogen and oxygen atoms in total. The van der Waals surface area contributed by atoms with Gasteiger partial charge in [0.05, 0.1) is 0 Å². The highest BCUT2D eigenvalue weighted by Crippen LogP contribution is 2.42.